The van der Waals surface area contributed by atoms with Gasteiger partial charge in [-0.3, -0.25) is 4.79 Å². The lowest BCUT2D eigenvalue weighted by atomic mass is 10.1. The van der Waals surface area contributed by atoms with Crippen LogP contribution < -0.4 is 10.6 Å². The van der Waals surface area contributed by atoms with Gasteiger partial charge in [-0.15, -0.1) is 0 Å². The van der Waals surface area contributed by atoms with E-state index in [2.05, 4.69) is 15.9 Å². The molecule has 2 aromatic rings. The van der Waals surface area contributed by atoms with Gasteiger partial charge in [-0.05, 0) is 40.0 Å². The van der Waals surface area contributed by atoms with Crippen LogP contribution >= 0.6 is 15.9 Å². The SMILES string of the molecule is Nc1cccc2c1N(C(=O)c1ccoc1Br)CC2. The summed E-state index contributed by atoms with van der Waals surface area (Å²) in [5, 5.41) is 0. The van der Waals surface area contributed by atoms with Gasteiger partial charge >= 0.3 is 0 Å². The van der Waals surface area contributed by atoms with Crippen molar-refractivity contribution in [1.82, 2.24) is 0 Å². The van der Waals surface area contributed by atoms with E-state index in [1.165, 1.54) is 6.26 Å². The number of nitrogens with two attached hydrogens (primary N) is 1. The number of halogens is 1. The number of anilines is 2. The van der Waals surface area contributed by atoms with Gasteiger partial charge in [0.2, 0.25) is 0 Å². The summed E-state index contributed by atoms with van der Waals surface area (Å²) in [6.45, 7) is 0.653. The van der Waals surface area contributed by atoms with Crippen molar-refractivity contribution in [2.45, 2.75) is 6.42 Å². The first-order chi connectivity index (χ1) is 8.68. The molecule has 3 rings (SSSR count). The lowest BCUT2D eigenvalue weighted by Crippen LogP contribution is -2.29. The molecule has 2 N–H and O–H groups in total. The van der Waals surface area contributed by atoms with Crippen molar-refractivity contribution in [3.05, 3.63) is 46.3 Å². The molecular weight excluding hydrogens is 296 g/mol. The number of rotatable bonds is 1. The first-order valence-electron chi connectivity index (χ1n) is 5.60. The van der Waals surface area contributed by atoms with Gasteiger partial charge in [-0.2, -0.15) is 0 Å². The molecule has 18 heavy (non-hydrogen) atoms. The minimum atomic E-state index is -0.0905. The van der Waals surface area contributed by atoms with E-state index in [4.69, 9.17) is 10.2 Å². The van der Waals surface area contributed by atoms with Gasteiger partial charge in [-0.1, -0.05) is 12.1 Å². The third-order valence-electron chi connectivity index (χ3n) is 3.12. The fourth-order valence-corrected chi connectivity index (χ4v) is 2.69. The highest BCUT2D eigenvalue weighted by Gasteiger charge is 2.29. The van der Waals surface area contributed by atoms with E-state index in [-0.39, 0.29) is 5.91 Å². The minimum absolute atomic E-state index is 0.0905. The second-order valence-electron chi connectivity index (χ2n) is 4.17. The zero-order chi connectivity index (χ0) is 12.7. The van der Waals surface area contributed by atoms with Crippen LogP contribution in [0.2, 0.25) is 0 Å². The molecular formula is C13H11BrN2O2. The number of fused-ring (bicyclic) bond motifs is 1. The van der Waals surface area contributed by atoms with E-state index in [1.54, 1.807) is 11.0 Å². The van der Waals surface area contributed by atoms with Crippen LogP contribution in [0.3, 0.4) is 0 Å². The average Bonchev–Trinajstić information content (AvgIpc) is 2.95. The first kappa shape index (κ1) is 11.3. The van der Waals surface area contributed by atoms with E-state index in [1.807, 2.05) is 18.2 Å². The maximum atomic E-state index is 12.4. The van der Waals surface area contributed by atoms with Gasteiger partial charge in [-0.25, -0.2) is 0 Å². The van der Waals surface area contributed by atoms with Crippen LogP contribution in [-0.2, 0) is 6.42 Å². The van der Waals surface area contributed by atoms with Crippen molar-refractivity contribution in [2.24, 2.45) is 0 Å². The molecule has 0 spiro atoms. The number of benzene rings is 1. The minimum Gasteiger partial charge on any atom is -0.457 e. The Balaban J connectivity index is 2.03. The molecule has 0 saturated heterocycles. The summed E-state index contributed by atoms with van der Waals surface area (Å²) in [7, 11) is 0. The van der Waals surface area contributed by atoms with E-state index in [0.717, 1.165) is 17.7 Å². The lowest BCUT2D eigenvalue weighted by molar-refractivity contribution is 0.0988. The third-order valence-corrected chi connectivity index (χ3v) is 3.73. The van der Waals surface area contributed by atoms with Crippen molar-refractivity contribution in [2.75, 3.05) is 17.2 Å². The summed E-state index contributed by atoms with van der Waals surface area (Å²) in [5.41, 5.74) is 9.06. The largest absolute Gasteiger partial charge is 0.457 e. The number of carbonyl (C=O) groups is 1. The second kappa shape index (κ2) is 4.17. The van der Waals surface area contributed by atoms with Crippen LogP contribution in [0, 0.1) is 0 Å². The van der Waals surface area contributed by atoms with E-state index >= 15 is 0 Å². The molecule has 0 atom stereocenters. The molecule has 2 heterocycles. The maximum absolute atomic E-state index is 12.4. The molecule has 0 saturated carbocycles. The maximum Gasteiger partial charge on any atom is 0.262 e. The molecule has 5 heteroatoms. The molecule has 0 fully saturated rings. The molecule has 0 radical (unpaired) electrons. The third kappa shape index (κ3) is 1.62. The monoisotopic (exact) mass is 306 g/mol. The molecule has 0 unspecified atom stereocenters. The predicted octanol–water partition coefficient (Wildman–Crippen LogP) is 2.83. The summed E-state index contributed by atoms with van der Waals surface area (Å²) < 4.78 is 5.56. The van der Waals surface area contributed by atoms with Gasteiger partial charge in [0.15, 0.2) is 4.67 Å². The standard InChI is InChI=1S/C13H11BrN2O2/c14-12-9(5-7-18-12)13(17)16-6-4-8-2-1-3-10(15)11(8)16/h1-3,5,7H,4,6,15H2. The van der Waals surface area contributed by atoms with Gasteiger partial charge < -0.3 is 15.1 Å². The number of hydrogen-bond donors (Lipinski definition) is 1. The summed E-state index contributed by atoms with van der Waals surface area (Å²) >= 11 is 3.23. The molecule has 0 aliphatic carbocycles. The highest BCUT2D eigenvalue weighted by molar-refractivity contribution is 9.10. The molecule has 92 valence electrons. The van der Waals surface area contributed by atoms with Gasteiger partial charge in [0.05, 0.1) is 23.2 Å². The highest BCUT2D eigenvalue weighted by Crippen LogP contribution is 2.35. The van der Waals surface area contributed by atoms with Crippen LogP contribution in [-0.4, -0.2) is 12.5 Å². The first-order valence-corrected chi connectivity index (χ1v) is 6.40. The number of nitrogens with zero attached hydrogens (tertiary/aromatic N) is 1. The molecule has 1 amide bonds. The Hall–Kier alpha value is -1.75. The fraction of sp³-hybridized carbons (Fsp3) is 0.154. The highest BCUT2D eigenvalue weighted by atomic mass is 79.9. The Morgan fingerprint density at radius 1 is 1.39 bits per heavy atom. The Bertz CT molecular complexity index is 621. The Morgan fingerprint density at radius 3 is 2.94 bits per heavy atom. The van der Waals surface area contributed by atoms with Crippen LogP contribution in [0.4, 0.5) is 11.4 Å². The Kier molecular flexibility index (Phi) is 2.63. The molecule has 1 aromatic carbocycles. The van der Waals surface area contributed by atoms with Crippen molar-refractivity contribution in [3.63, 3.8) is 0 Å². The second-order valence-corrected chi connectivity index (χ2v) is 4.89. The van der Waals surface area contributed by atoms with Gasteiger partial charge in [0.25, 0.3) is 5.91 Å². The summed E-state index contributed by atoms with van der Waals surface area (Å²) in [6.07, 6.45) is 2.32. The van der Waals surface area contributed by atoms with Crippen LogP contribution in [0.5, 0.6) is 0 Å². The summed E-state index contributed by atoms with van der Waals surface area (Å²) in [5.74, 6) is -0.0905. The van der Waals surface area contributed by atoms with E-state index < -0.39 is 0 Å². The van der Waals surface area contributed by atoms with Crippen molar-refractivity contribution < 1.29 is 9.21 Å². The quantitative estimate of drug-likeness (QED) is 0.824. The van der Waals surface area contributed by atoms with Crippen LogP contribution in [0.15, 0.2) is 39.6 Å². The van der Waals surface area contributed by atoms with Crippen molar-refractivity contribution >= 4 is 33.2 Å². The number of amides is 1. The van der Waals surface area contributed by atoms with Crippen molar-refractivity contribution in [1.29, 1.82) is 0 Å². The molecule has 4 nitrogen and oxygen atoms in total. The molecule has 0 bridgehead atoms. The van der Waals surface area contributed by atoms with E-state index in [9.17, 15) is 4.79 Å². The molecule has 1 aromatic heterocycles. The number of furan rings is 1. The summed E-state index contributed by atoms with van der Waals surface area (Å²) in [4.78, 5) is 14.1. The lowest BCUT2D eigenvalue weighted by Gasteiger charge is -2.18. The molecule has 1 aliphatic heterocycles. The number of hydrogen-bond acceptors (Lipinski definition) is 3. The van der Waals surface area contributed by atoms with Crippen LogP contribution in [0.1, 0.15) is 15.9 Å². The Labute approximate surface area is 113 Å². The van der Waals surface area contributed by atoms with Gasteiger partial charge in [0.1, 0.15) is 0 Å². The Morgan fingerprint density at radius 2 is 2.22 bits per heavy atom. The average molecular weight is 307 g/mol. The van der Waals surface area contributed by atoms with Crippen LogP contribution in [0.25, 0.3) is 0 Å². The number of nitrogen functional groups attached to an aromatic ring is 1. The van der Waals surface area contributed by atoms with Crippen molar-refractivity contribution in [3.8, 4) is 0 Å². The fourth-order valence-electron chi connectivity index (χ4n) is 2.28. The summed E-state index contributed by atoms with van der Waals surface area (Å²) in [6, 6.07) is 7.39. The van der Waals surface area contributed by atoms with Gasteiger partial charge in [0, 0.05) is 6.54 Å². The molecule has 1 aliphatic rings. The topological polar surface area (TPSA) is 59.5 Å². The number of para-hydroxylation sites is 1. The zero-order valence-corrected chi connectivity index (χ0v) is 11.1. The predicted molar refractivity (Wildman–Crippen MR) is 72.6 cm³/mol. The smallest absolute Gasteiger partial charge is 0.262 e. The number of carbonyl (C=O) groups excluding carboxylic acids is 1. The normalized spacial score (nSPS) is 13.7. The van der Waals surface area contributed by atoms with E-state index in [0.29, 0.717) is 22.5 Å². The zero-order valence-electron chi connectivity index (χ0n) is 9.52.